The zero-order valence-electron chi connectivity index (χ0n) is 23.8. The van der Waals surface area contributed by atoms with Gasteiger partial charge in [0.1, 0.15) is 17.6 Å². The van der Waals surface area contributed by atoms with Crippen molar-refractivity contribution in [1.29, 1.82) is 0 Å². The molecular weight excluding hydrogens is 510 g/mol. The second kappa shape index (κ2) is 11.4. The van der Waals surface area contributed by atoms with Gasteiger partial charge in [0.25, 0.3) is 5.91 Å². The van der Waals surface area contributed by atoms with Crippen LogP contribution in [-0.2, 0) is 23.9 Å². The van der Waals surface area contributed by atoms with E-state index in [4.69, 9.17) is 9.47 Å². The Bertz CT molecular complexity index is 1180. The molecule has 9 nitrogen and oxygen atoms in total. The molecule has 0 bridgehead atoms. The molecule has 216 valence electrons. The van der Waals surface area contributed by atoms with Crippen LogP contribution in [0.15, 0.2) is 48.6 Å². The summed E-state index contributed by atoms with van der Waals surface area (Å²) < 4.78 is 12.3. The van der Waals surface area contributed by atoms with Crippen molar-refractivity contribution in [3.63, 3.8) is 0 Å². The van der Waals surface area contributed by atoms with Gasteiger partial charge in [0.15, 0.2) is 0 Å². The highest BCUT2D eigenvalue weighted by molar-refractivity contribution is 6.05. The molecule has 4 heterocycles. The van der Waals surface area contributed by atoms with Gasteiger partial charge in [0.2, 0.25) is 5.91 Å². The first-order valence-electron chi connectivity index (χ1n) is 14.6. The van der Waals surface area contributed by atoms with Gasteiger partial charge in [-0.2, -0.15) is 0 Å². The molecule has 2 saturated heterocycles. The maximum atomic E-state index is 14.5. The topological polar surface area (TPSA) is 99.6 Å². The average Bonchev–Trinajstić information content (AvgIpc) is 3.26. The van der Waals surface area contributed by atoms with Gasteiger partial charge in [-0.3, -0.25) is 14.4 Å². The molecule has 0 saturated carbocycles. The van der Waals surface area contributed by atoms with E-state index in [2.05, 4.69) is 18.7 Å². The lowest BCUT2D eigenvalue weighted by atomic mass is 9.74. The number of aliphatic hydroxyl groups is 1. The highest BCUT2D eigenvalue weighted by Gasteiger charge is 2.74. The summed E-state index contributed by atoms with van der Waals surface area (Å²) in [5.74, 6) is -2.68. The third-order valence-corrected chi connectivity index (χ3v) is 8.87. The lowest BCUT2D eigenvalue weighted by Gasteiger charge is -2.37. The molecule has 4 aliphatic heterocycles. The molecule has 9 heteroatoms. The summed E-state index contributed by atoms with van der Waals surface area (Å²) in [5, 5.41) is 9.26. The fourth-order valence-electron chi connectivity index (χ4n) is 6.96. The Morgan fingerprint density at radius 1 is 0.975 bits per heavy atom. The summed E-state index contributed by atoms with van der Waals surface area (Å²) in [6.07, 6.45) is 10.1. The van der Waals surface area contributed by atoms with Gasteiger partial charge in [0.05, 0.1) is 18.1 Å². The molecule has 0 radical (unpaired) electrons. The van der Waals surface area contributed by atoms with Gasteiger partial charge in [-0.05, 0) is 70.7 Å². The zero-order chi connectivity index (χ0) is 28.5. The van der Waals surface area contributed by atoms with Crippen molar-refractivity contribution in [3.8, 4) is 0 Å². The Labute approximate surface area is 236 Å². The van der Waals surface area contributed by atoms with Crippen LogP contribution >= 0.6 is 0 Å². The third kappa shape index (κ3) is 4.63. The summed E-state index contributed by atoms with van der Waals surface area (Å²) in [6.45, 7) is 8.79. The molecular formula is C31H41N3O6. The van der Waals surface area contributed by atoms with E-state index in [-0.39, 0.29) is 25.0 Å². The van der Waals surface area contributed by atoms with Crippen molar-refractivity contribution in [2.24, 2.45) is 11.8 Å². The lowest BCUT2D eigenvalue weighted by molar-refractivity contribution is -0.159. The van der Waals surface area contributed by atoms with E-state index in [9.17, 15) is 19.5 Å². The number of rotatable bonds is 9. The predicted octanol–water partition coefficient (Wildman–Crippen LogP) is 3.07. The van der Waals surface area contributed by atoms with Crippen LogP contribution in [0.25, 0.3) is 0 Å². The molecule has 5 atom stereocenters. The van der Waals surface area contributed by atoms with Crippen LogP contribution in [0.3, 0.4) is 0 Å². The SMILES string of the molecule is CCN(CC)c1ccc(N2CC=C[C@]34O[C@]5(C)C=CCCOC(=O)[C@@H]5[C@H]3C(=O)N(CCCCCO)C4C2=O)cc1. The lowest BCUT2D eigenvalue weighted by Crippen LogP contribution is -2.56. The zero-order valence-corrected chi connectivity index (χ0v) is 23.8. The van der Waals surface area contributed by atoms with E-state index in [0.29, 0.717) is 32.4 Å². The Morgan fingerprint density at radius 2 is 1.73 bits per heavy atom. The van der Waals surface area contributed by atoms with Gasteiger partial charge >= 0.3 is 5.97 Å². The predicted molar refractivity (Wildman–Crippen MR) is 152 cm³/mol. The Morgan fingerprint density at radius 3 is 2.42 bits per heavy atom. The number of hydrogen-bond donors (Lipinski definition) is 1. The molecule has 1 aromatic rings. The summed E-state index contributed by atoms with van der Waals surface area (Å²) in [7, 11) is 0. The number of ether oxygens (including phenoxy) is 2. The minimum Gasteiger partial charge on any atom is -0.465 e. The van der Waals surface area contributed by atoms with Gasteiger partial charge < -0.3 is 29.3 Å². The second-order valence-corrected chi connectivity index (χ2v) is 11.2. The van der Waals surface area contributed by atoms with Crippen LogP contribution in [0.5, 0.6) is 0 Å². The molecule has 1 spiro atoms. The number of hydrogen-bond acceptors (Lipinski definition) is 7. The van der Waals surface area contributed by atoms with E-state index >= 15 is 0 Å². The molecule has 40 heavy (non-hydrogen) atoms. The monoisotopic (exact) mass is 551 g/mol. The molecule has 2 fully saturated rings. The second-order valence-electron chi connectivity index (χ2n) is 11.2. The number of carbonyl (C=O) groups excluding carboxylic acids is 3. The number of likely N-dealkylation sites (tertiary alicyclic amines) is 1. The largest absolute Gasteiger partial charge is 0.465 e. The Hall–Kier alpha value is -3.17. The molecule has 1 aromatic carbocycles. The molecule has 0 aliphatic carbocycles. The summed E-state index contributed by atoms with van der Waals surface area (Å²) in [6, 6.07) is 7.01. The molecule has 1 N–H and O–H groups in total. The Kier molecular flexibility index (Phi) is 8.06. The van der Waals surface area contributed by atoms with Crippen LogP contribution in [0, 0.1) is 11.8 Å². The number of anilines is 2. The standard InChI is InChI=1S/C31H41N3O6/c1-4-32(5-2)22-12-14-23(15-13-22)33-19-11-17-31-24(25-29(38)39-21-10-7-16-30(25,3)40-31)27(36)34(26(31)28(33)37)18-8-6-9-20-35/h7,11-17,24-26,35H,4-6,8-10,18-21H2,1-3H3/t24-,25-,26?,30+,31-/m0/s1. The van der Waals surface area contributed by atoms with Crippen molar-refractivity contribution in [2.45, 2.75) is 63.7 Å². The van der Waals surface area contributed by atoms with Crippen LogP contribution < -0.4 is 9.80 Å². The molecule has 0 aromatic heterocycles. The van der Waals surface area contributed by atoms with Crippen molar-refractivity contribution >= 4 is 29.2 Å². The summed E-state index contributed by atoms with van der Waals surface area (Å²) >= 11 is 0. The molecule has 4 aliphatic rings. The first-order valence-corrected chi connectivity index (χ1v) is 14.6. The maximum Gasteiger partial charge on any atom is 0.313 e. The highest BCUT2D eigenvalue weighted by atomic mass is 16.6. The van der Waals surface area contributed by atoms with Crippen molar-refractivity contribution in [3.05, 3.63) is 48.6 Å². The smallest absolute Gasteiger partial charge is 0.313 e. The van der Waals surface area contributed by atoms with Gasteiger partial charge in [-0.15, -0.1) is 0 Å². The first kappa shape index (κ1) is 28.4. The van der Waals surface area contributed by atoms with Crippen molar-refractivity contribution in [2.75, 3.05) is 49.2 Å². The highest BCUT2D eigenvalue weighted by Crippen LogP contribution is 2.57. The number of cyclic esters (lactones) is 1. The van der Waals surface area contributed by atoms with Gasteiger partial charge in [-0.25, -0.2) is 0 Å². The van der Waals surface area contributed by atoms with E-state index in [0.717, 1.165) is 30.9 Å². The number of unbranched alkanes of at least 4 members (excludes halogenated alkanes) is 2. The fourth-order valence-corrected chi connectivity index (χ4v) is 6.96. The number of nitrogens with zero attached hydrogens (tertiary/aromatic N) is 3. The number of carbonyl (C=O) groups is 3. The van der Waals surface area contributed by atoms with E-state index in [1.165, 1.54) is 0 Å². The van der Waals surface area contributed by atoms with Crippen LogP contribution in [0.4, 0.5) is 11.4 Å². The maximum absolute atomic E-state index is 14.5. The summed E-state index contributed by atoms with van der Waals surface area (Å²) in [5.41, 5.74) is -0.551. The number of esters is 1. The minimum atomic E-state index is -1.30. The van der Waals surface area contributed by atoms with Crippen molar-refractivity contribution in [1.82, 2.24) is 4.90 Å². The number of fused-ring (bicyclic) bond motifs is 2. The Balaban J connectivity index is 1.55. The normalized spacial score (nSPS) is 31.3. The molecule has 2 amide bonds. The van der Waals surface area contributed by atoms with Crippen molar-refractivity contribution < 1.29 is 29.0 Å². The van der Waals surface area contributed by atoms with Crippen LogP contribution in [0.1, 0.15) is 46.5 Å². The number of amides is 2. The average molecular weight is 552 g/mol. The minimum absolute atomic E-state index is 0.0740. The third-order valence-electron chi connectivity index (χ3n) is 8.87. The first-order chi connectivity index (χ1) is 19.3. The summed E-state index contributed by atoms with van der Waals surface area (Å²) in [4.78, 5) is 47.6. The number of benzene rings is 1. The van der Waals surface area contributed by atoms with E-state index < -0.39 is 35.0 Å². The number of aliphatic hydroxyl groups excluding tert-OH is 1. The van der Waals surface area contributed by atoms with Gasteiger partial charge in [0, 0.05) is 44.2 Å². The van der Waals surface area contributed by atoms with Crippen LogP contribution in [-0.4, -0.2) is 84.4 Å². The molecule has 1 unspecified atom stereocenters. The van der Waals surface area contributed by atoms with Crippen LogP contribution in [0.2, 0.25) is 0 Å². The fraction of sp³-hybridized carbons (Fsp3) is 0.581. The van der Waals surface area contributed by atoms with E-state index in [1.807, 2.05) is 55.5 Å². The quantitative estimate of drug-likeness (QED) is 0.286. The molecule has 5 rings (SSSR count). The van der Waals surface area contributed by atoms with E-state index in [1.54, 1.807) is 9.80 Å². The van der Waals surface area contributed by atoms with Gasteiger partial charge in [-0.1, -0.05) is 24.3 Å².